The Morgan fingerprint density at radius 1 is 1.24 bits per heavy atom. The van der Waals surface area contributed by atoms with Crippen molar-refractivity contribution in [2.45, 2.75) is 62.8 Å². The van der Waals surface area contributed by atoms with Crippen LogP contribution in [0.4, 0.5) is 13.2 Å². The summed E-state index contributed by atoms with van der Waals surface area (Å²) in [5.41, 5.74) is 5.88. The minimum absolute atomic E-state index is 0.397. The van der Waals surface area contributed by atoms with Crippen LogP contribution in [0.3, 0.4) is 0 Å². The number of alkyl halides is 3. The van der Waals surface area contributed by atoms with E-state index in [1.54, 1.807) is 0 Å². The first-order valence-electron chi connectivity index (χ1n) is 7.54. The second-order valence-electron chi connectivity index (χ2n) is 6.14. The van der Waals surface area contributed by atoms with Crippen LogP contribution in [0.2, 0.25) is 0 Å². The third kappa shape index (κ3) is 5.73. The molecular weight excluding hydrogens is 285 g/mol. The minimum Gasteiger partial charge on any atom is -0.389 e. The first-order valence-corrected chi connectivity index (χ1v) is 7.54. The Labute approximate surface area is 124 Å². The van der Waals surface area contributed by atoms with Crippen molar-refractivity contribution < 1.29 is 23.4 Å². The van der Waals surface area contributed by atoms with Gasteiger partial charge in [-0.05, 0) is 19.4 Å². The van der Waals surface area contributed by atoms with Crippen LogP contribution in [-0.2, 0) is 0 Å². The monoisotopic (exact) mass is 312 g/mol. The minimum atomic E-state index is -3.64. The average molecular weight is 312 g/mol. The summed E-state index contributed by atoms with van der Waals surface area (Å²) in [4.78, 5) is 0.397. The van der Waals surface area contributed by atoms with E-state index in [2.05, 4.69) is 0 Å². The normalized spacial score (nSPS) is 22.3. The molecule has 0 aromatic carbocycles. The molecule has 0 aliphatic heterocycles. The van der Waals surface area contributed by atoms with Crippen molar-refractivity contribution in [3.05, 3.63) is 0 Å². The number of likely N-dealkylation sites (N-methyl/N-ethyl adjacent to an activating group) is 1. The third-order valence-electron chi connectivity index (χ3n) is 4.34. The van der Waals surface area contributed by atoms with E-state index in [9.17, 15) is 23.4 Å². The van der Waals surface area contributed by atoms with E-state index < -0.39 is 37.5 Å². The highest BCUT2D eigenvalue weighted by Gasteiger charge is 2.37. The fraction of sp³-hybridized carbons (Fsp3) is 1.00. The lowest BCUT2D eigenvalue weighted by atomic mass is 9.83. The number of aliphatic hydroxyl groups is 2. The Morgan fingerprint density at radius 3 is 2.33 bits per heavy atom. The molecule has 4 nitrogen and oxygen atoms in total. The zero-order valence-electron chi connectivity index (χ0n) is 12.5. The van der Waals surface area contributed by atoms with Crippen molar-refractivity contribution in [2.24, 2.45) is 11.7 Å². The summed E-state index contributed by atoms with van der Waals surface area (Å²) in [5.74, 6) is 0.417. The van der Waals surface area contributed by atoms with Crippen molar-refractivity contribution in [1.29, 1.82) is 0 Å². The van der Waals surface area contributed by atoms with Crippen LogP contribution in [0.1, 0.15) is 38.5 Å². The van der Waals surface area contributed by atoms with Gasteiger partial charge < -0.3 is 15.9 Å². The Morgan fingerprint density at radius 2 is 1.81 bits per heavy atom. The lowest BCUT2D eigenvalue weighted by Gasteiger charge is -2.32. The summed E-state index contributed by atoms with van der Waals surface area (Å²) in [6, 6.07) is -4.30. The van der Waals surface area contributed by atoms with Crippen LogP contribution in [0.15, 0.2) is 0 Å². The Balaban J connectivity index is 2.43. The van der Waals surface area contributed by atoms with Gasteiger partial charge in [0.1, 0.15) is 0 Å². The molecule has 3 atom stereocenters. The smallest absolute Gasteiger partial charge is 0.332 e. The molecule has 4 N–H and O–H groups in total. The number of halogens is 3. The van der Waals surface area contributed by atoms with Crippen LogP contribution >= 0.6 is 0 Å². The van der Waals surface area contributed by atoms with Crippen molar-refractivity contribution in [3.8, 4) is 0 Å². The summed E-state index contributed by atoms with van der Waals surface area (Å²) in [7, 11) is 1.00. The van der Waals surface area contributed by atoms with E-state index in [0.29, 0.717) is 17.2 Å². The molecule has 0 radical (unpaired) electrons. The van der Waals surface area contributed by atoms with Gasteiger partial charge in [0.25, 0.3) is 0 Å². The maximum Gasteiger partial charge on any atom is 0.332 e. The summed E-state index contributed by atoms with van der Waals surface area (Å²) in [5, 5.41) is 19.8. The number of hydrogen-bond donors (Lipinski definition) is 3. The molecular formula is C14H27F3N2O2. The zero-order chi connectivity index (χ0) is 16.0. The maximum absolute atomic E-state index is 13.1. The molecule has 0 aromatic heterocycles. The molecule has 1 aliphatic rings. The average Bonchev–Trinajstić information content (AvgIpc) is 2.47. The number of hydrogen-bond acceptors (Lipinski definition) is 4. The van der Waals surface area contributed by atoms with Crippen LogP contribution in [0.5, 0.6) is 0 Å². The van der Waals surface area contributed by atoms with Crippen LogP contribution in [-0.4, -0.2) is 59.7 Å². The molecule has 0 aromatic rings. The summed E-state index contributed by atoms with van der Waals surface area (Å²) < 4.78 is 38.3. The first-order chi connectivity index (χ1) is 9.77. The largest absolute Gasteiger partial charge is 0.389 e. The molecule has 21 heavy (non-hydrogen) atoms. The van der Waals surface area contributed by atoms with E-state index in [1.165, 1.54) is 6.42 Å². The highest BCUT2D eigenvalue weighted by atomic mass is 19.3. The molecule has 1 rings (SSSR count). The second kappa shape index (κ2) is 8.31. The van der Waals surface area contributed by atoms with Gasteiger partial charge in [-0.3, -0.25) is 0 Å². The molecule has 0 spiro atoms. The summed E-state index contributed by atoms with van der Waals surface area (Å²) in [6.45, 7) is -2.36. The fourth-order valence-corrected chi connectivity index (χ4v) is 2.86. The molecule has 126 valence electrons. The molecule has 0 saturated heterocycles. The number of nitrogens with zero attached hydrogens (tertiary/aromatic N) is 1. The van der Waals surface area contributed by atoms with E-state index in [0.717, 1.165) is 32.7 Å². The highest BCUT2D eigenvalue weighted by Crippen LogP contribution is 2.28. The van der Waals surface area contributed by atoms with Gasteiger partial charge in [0, 0.05) is 12.6 Å². The van der Waals surface area contributed by atoms with Crippen molar-refractivity contribution in [2.75, 3.05) is 20.3 Å². The molecule has 7 heteroatoms. The highest BCUT2D eigenvalue weighted by molar-refractivity contribution is 4.84. The van der Waals surface area contributed by atoms with Gasteiger partial charge in [-0.1, -0.05) is 32.1 Å². The van der Waals surface area contributed by atoms with E-state index in [4.69, 9.17) is 5.73 Å². The SMILES string of the molecule is CN(C[C@H](O)[C@H](O)[C@@H](N)CC1CCCCC1)C(F)(F)CF. The Kier molecular flexibility index (Phi) is 7.39. The standard InChI is InChI=1S/C14H27F3N2O2/c1-19(14(16,17)9-15)8-12(20)13(21)11(18)7-10-5-3-2-4-6-10/h10-13,20-21H,2-9,18H2,1H3/t11-,12-,13+/m0/s1. The lowest BCUT2D eigenvalue weighted by Crippen LogP contribution is -2.52. The molecule has 0 amide bonds. The Hall–Kier alpha value is -0.370. The second-order valence-corrected chi connectivity index (χ2v) is 6.14. The van der Waals surface area contributed by atoms with E-state index >= 15 is 0 Å². The molecule has 1 aliphatic carbocycles. The molecule has 1 fully saturated rings. The lowest BCUT2D eigenvalue weighted by molar-refractivity contribution is -0.162. The van der Waals surface area contributed by atoms with Crippen LogP contribution < -0.4 is 5.73 Å². The zero-order valence-corrected chi connectivity index (χ0v) is 12.5. The van der Waals surface area contributed by atoms with Gasteiger partial charge in [-0.15, -0.1) is 0 Å². The maximum atomic E-state index is 13.1. The number of nitrogens with two attached hydrogens (primary N) is 1. The third-order valence-corrected chi connectivity index (χ3v) is 4.34. The Bertz CT molecular complexity index is 302. The van der Waals surface area contributed by atoms with E-state index in [-0.39, 0.29) is 0 Å². The molecule has 0 bridgehead atoms. The van der Waals surface area contributed by atoms with Crippen molar-refractivity contribution in [3.63, 3.8) is 0 Å². The van der Waals surface area contributed by atoms with Gasteiger partial charge >= 0.3 is 6.05 Å². The van der Waals surface area contributed by atoms with Crippen LogP contribution in [0.25, 0.3) is 0 Å². The van der Waals surface area contributed by atoms with Gasteiger partial charge in [-0.25, -0.2) is 9.29 Å². The molecule has 1 saturated carbocycles. The predicted octanol–water partition coefficient (Wildman–Crippen LogP) is 1.50. The van der Waals surface area contributed by atoms with Crippen molar-refractivity contribution in [1.82, 2.24) is 4.90 Å². The summed E-state index contributed by atoms with van der Waals surface area (Å²) in [6.07, 6.45) is 3.45. The first kappa shape index (κ1) is 18.7. The van der Waals surface area contributed by atoms with Gasteiger partial charge in [0.05, 0.1) is 12.2 Å². The fourth-order valence-electron chi connectivity index (χ4n) is 2.86. The van der Waals surface area contributed by atoms with Gasteiger partial charge in [0.2, 0.25) is 0 Å². The summed E-state index contributed by atoms with van der Waals surface area (Å²) >= 11 is 0. The number of rotatable bonds is 8. The van der Waals surface area contributed by atoms with Gasteiger partial charge in [-0.2, -0.15) is 8.78 Å². The quantitative estimate of drug-likeness (QED) is 0.594. The van der Waals surface area contributed by atoms with Crippen molar-refractivity contribution >= 4 is 0 Å². The predicted molar refractivity (Wildman–Crippen MR) is 74.7 cm³/mol. The topological polar surface area (TPSA) is 69.7 Å². The molecule has 0 heterocycles. The van der Waals surface area contributed by atoms with Gasteiger partial charge in [0.15, 0.2) is 6.67 Å². The molecule has 0 unspecified atom stereocenters. The van der Waals surface area contributed by atoms with Crippen LogP contribution in [0, 0.1) is 5.92 Å². The number of aliphatic hydroxyl groups excluding tert-OH is 2. The van der Waals surface area contributed by atoms with E-state index in [1.807, 2.05) is 0 Å².